The molecule has 0 saturated heterocycles. The van der Waals surface area contributed by atoms with Gasteiger partial charge in [0, 0.05) is 41.6 Å². The van der Waals surface area contributed by atoms with Crippen molar-refractivity contribution in [1.82, 2.24) is 4.90 Å². The zero-order valence-electron chi connectivity index (χ0n) is 20.6. The van der Waals surface area contributed by atoms with E-state index in [1.54, 1.807) is 54.4 Å². The third-order valence-electron chi connectivity index (χ3n) is 5.26. The molecule has 0 aliphatic heterocycles. The molecule has 0 spiro atoms. The van der Waals surface area contributed by atoms with Crippen LogP contribution >= 0.6 is 0 Å². The Morgan fingerprint density at radius 1 is 0.771 bits per heavy atom. The number of hydrogen-bond donors (Lipinski definition) is 3. The van der Waals surface area contributed by atoms with E-state index >= 15 is 0 Å². The molecular weight excluding hydrogens is 440 g/mol. The fraction of sp³-hybridized carbons (Fsp3) is 0.250. The van der Waals surface area contributed by atoms with Crippen LogP contribution in [-0.2, 0) is 16.1 Å². The largest absolute Gasteiger partial charge is 0.376 e. The van der Waals surface area contributed by atoms with Crippen LogP contribution in [0.4, 0.5) is 17.1 Å². The Morgan fingerprint density at radius 3 is 2.09 bits per heavy atom. The molecule has 7 heteroatoms. The number of hydrogen-bond acceptors (Lipinski definition) is 4. The van der Waals surface area contributed by atoms with Gasteiger partial charge < -0.3 is 20.9 Å². The van der Waals surface area contributed by atoms with Gasteiger partial charge in [-0.2, -0.15) is 0 Å². The van der Waals surface area contributed by atoms with Crippen molar-refractivity contribution in [3.63, 3.8) is 0 Å². The minimum Gasteiger partial charge on any atom is -0.376 e. The zero-order chi connectivity index (χ0) is 25.4. The minimum absolute atomic E-state index is 0.0305. The Balaban J connectivity index is 1.55. The second-order valence-corrected chi connectivity index (χ2v) is 9.41. The van der Waals surface area contributed by atoms with Gasteiger partial charge in [-0.15, -0.1) is 0 Å². The standard InChI is InChI=1S/C28H32N4O3/c1-28(2,3)27(35)31-24-15-9-13-22(17-24)29-18-25(33)30-23-14-8-12-21(16-23)26(34)32(4)19-20-10-6-5-7-11-20/h5-17,29H,18-19H2,1-4H3,(H,30,33)(H,31,35). The van der Waals surface area contributed by atoms with Crippen molar-refractivity contribution in [2.75, 3.05) is 29.5 Å². The number of nitrogens with zero attached hydrogens (tertiary/aromatic N) is 1. The summed E-state index contributed by atoms with van der Waals surface area (Å²) >= 11 is 0. The molecule has 3 amide bonds. The Morgan fingerprint density at radius 2 is 1.40 bits per heavy atom. The molecule has 7 nitrogen and oxygen atoms in total. The number of rotatable bonds is 8. The van der Waals surface area contributed by atoms with E-state index in [0.717, 1.165) is 5.56 Å². The molecule has 0 heterocycles. The van der Waals surface area contributed by atoms with E-state index in [9.17, 15) is 14.4 Å². The number of nitrogens with one attached hydrogen (secondary N) is 3. The second kappa shape index (κ2) is 11.3. The molecule has 0 bridgehead atoms. The molecule has 182 valence electrons. The molecule has 0 radical (unpaired) electrons. The van der Waals surface area contributed by atoms with Crippen LogP contribution in [0.3, 0.4) is 0 Å². The van der Waals surface area contributed by atoms with Crippen molar-refractivity contribution in [3.8, 4) is 0 Å². The fourth-order valence-electron chi connectivity index (χ4n) is 3.29. The first kappa shape index (κ1) is 25.5. The smallest absolute Gasteiger partial charge is 0.253 e. The summed E-state index contributed by atoms with van der Waals surface area (Å²) in [5.74, 6) is -0.468. The lowest BCUT2D eigenvalue weighted by Crippen LogP contribution is -2.27. The molecule has 0 atom stereocenters. The quantitative estimate of drug-likeness (QED) is 0.431. The first-order valence-electron chi connectivity index (χ1n) is 11.5. The van der Waals surface area contributed by atoms with E-state index in [1.165, 1.54) is 0 Å². The van der Waals surface area contributed by atoms with Gasteiger partial charge in [0.2, 0.25) is 11.8 Å². The molecule has 0 saturated carbocycles. The van der Waals surface area contributed by atoms with Crippen molar-refractivity contribution in [3.05, 3.63) is 90.0 Å². The lowest BCUT2D eigenvalue weighted by molar-refractivity contribution is -0.123. The summed E-state index contributed by atoms with van der Waals surface area (Å²) < 4.78 is 0. The summed E-state index contributed by atoms with van der Waals surface area (Å²) in [5.41, 5.74) is 2.94. The predicted molar refractivity (Wildman–Crippen MR) is 140 cm³/mol. The van der Waals surface area contributed by atoms with Gasteiger partial charge in [-0.05, 0) is 42.0 Å². The molecule has 0 fully saturated rings. The molecule has 0 aromatic heterocycles. The van der Waals surface area contributed by atoms with Crippen molar-refractivity contribution in [2.45, 2.75) is 27.3 Å². The molecule has 3 aromatic rings. The average molecular weight is 473 g/mol. The van der Waals surface area contributed by atoms with Crippen LogP contribution in [-0.4, -0.2) is 36.2 Å². The Kier molecular flexibility index (Phi) is 8.25. The number of amides is 3. The molecule has 35 heavy (non-hydrogen) atoms. The third kappa shape index (κ3) is 7.71. The van der Waals surface area contributed by atoms with Gasteiger partial charge in [0.15, 0.2) is 0 Å². The van der Waals surface area contributed by atoms with Gasteiger partial charge in [0.1, 0.15) is 0 Å². The Hall–Kier alpha value is -4.13. The van der Waals surface area contributed by atoms with E-state index in [-0.39, 0.29) is 24.3 Å². The van der Waals surface area contributed by atoms with E-state index in [1.807, 2.05) is 57.2 Å². The van der Waals surface area contributed by atoms with Crippen LogP contribution in [0.2, 0.25) is 0 Å². The van der Waals surface area contributed by atoms with E-state index in [4.69, 9.17) is 0 Å². The maximum absolute atomic E-state index is 12.8. The van der Waals surface area contributed by atoms with Gasteiger partial charge in [-0.3, -0.25) is 14.4 Å². The molecule has 0 unspecified atom stereocenters. The molecule has 3 N–H and O–H groups in total. The molecule has 3 rings (SSSR count). The highest BCUT2D eigenvalue weighted by Gasteiger charge is 2.21. The van der Waals surface area contributed by atoms with E-state index in [0.29, 0.717) is 29.2 Å². The Labute approximate surface area is 206 Å². The summed E-state index contributed by atoms with van der Waals surface area (Å²) in [6.45, 7) is 6.06. The topological polar surface area (TPSA) is 90.5 Å². The first-order valence-corrected chi connectivity index (χ1v) is 11.5. The Bertz CT molecular complexity index is 1190. The highest BCUT2D eigenvalue weighted by atomic mass is 16.2. The van der Waals surface area contributed by atoms with Crippen LogP contribution < -0.4 is 16.0 Å². The summed E-state index contributed by atoms with van der Waals surface area (Å²) in [6.07, 6.45) is 0. The number of benzene rings is 3. The number of carbonyl (C=O) groups is 3. The summed E-state index contributed by atoms with van der Waals surface area (Å²) in [7, 11) is 1.75. The summed E-state index contributed by atoms with van der Waals surface area (Å²) in [4.78, 5) is 39.2. The number of carbonyl (C=O) groups excluding carboxylic acids is 3. The van der Waals surface area contributed by atoms with Gasteiger partial charge in [0.25, 0.3) is 5.91 Å². The van der Waals surface area contributed by atoms with Gasteiger partial charge >= 0.3 is 0 Å². The van der Waals surface area contributed by atoms with Gasteiger partial charge in [0.05, 0.1) is 6.54 Å². The lowest BCUT2D eigenvalue weighted by atomic mass is 9.95. The van der Waals surface area contributed by atoms with Crippen LogP contribution in [0.15, 0.2) is 78.9 Å². The fourth-order valence-corrected chi connectivity index (χ4v) is 3.29. The molecule has 0 aliphatic carbocycles. The first-order chi connectivity index (χ1) is 16.6. The van der Waals surface area contributed by atoms with Crippen LogP contribution in [0.1, 0.15) is 36.7 Å². The molecule has 3 aromatic carbocycles. The van der Waals surface area contributed by atoms with Crippen LogP contribution in [0, 0.1) is 5.41 Å². The maximum Gasteiger partial charge on any atom is 0.253 e. The number of anilines is 3. The third-order valence-corrected chi connectivity index (χ3v) is 5.26. The van der Waals surface area contributed by atoms with E-state index in [2.05, 4.69) is 16.0 Å². The van der Waals surface area contributed by atoms with E-state index < -0.39 is 5.41 Å². The van der Waals surface area contributed by atoms with Crippen molar-refractivity contribution < 1.29 is 14.4 Å². The zero-order valence-corrected chi connectivity index (χ0v) is 20.6. The van der Waals surface area contributed by atoms with Crippen molar-refractivity contribution in [2.24, 2.45) is 5.41 Å². The van der Waals surface area contributed by atoms with Crippen molar-refractivity contribution in [1.29, 1.82) is 0 Å². The van der Waals surface area contributed by atoms with Gasteiger partial charge in [-0.25, -0.2) is 0 Å². The SMILES string of the molecule is CN(Cc1ccccc1)C(=O)c1cccc(NC(=O)CNc2cccc(NC(=O)C(C)(C)C)c2)c1. The molecule has 0 aliphatic rings. The second-order valence-electron chi connectivity index (χ2n) is 9.41. The molecular formula is C28H32N4O3. The monoisotopic (exact) mass is 472 g/mol. The van der Waals surface area contributed by atoms with Crippen LogP contribution in [0.5, 0.6) is 0 Å². The minimum atomic E-state index is -0.504. The normalized spacial score (nSPS) is 10.9. The van der Waals surface area contributed by atoms with Crippen LogP contribution in [0.25, 0.3) is 0 Å². The van der Waals surface area contributed by atoms with Crippen molar-refractivity contribution >= 4 is 34.8 Å². The maximum atomic E-state index is 12.8. The predicted octanol–water partition coefficient (Wildman–Crippen LogP) is 4.99. The summed E-state index contributed by atoms with van der Waals surface area (Å²) in [6, 6.07) is 23.9. The summed E-state index contributed by atoms with van der Waals surface area (Å²) in [5, 5.41) is 8.76. The average Bonchev–Trinajstić information content (AvgIpc) is 2.82. The van der Waals surface area contributed by atoms with Gasteiger partial charge in [-0.1, -0.05) is 63.2 Å². The highest BCUT2D eigenvalue weighted by molar-refractivity contribution is 5.98. The lowest BCUT2D eigenvalue weighted by Gasteiger charge is -2.18. The highest BCUT2D eigenvalue weighted by Crippen LogP contribution is 2.20.